The number of rotatable bonds is 1. The van der Waals surface area contributed by atoms with Crippen molar-refractivity contribution in [1.82, 2.24) is 10.3 Å². The van der Waals surface area contributed by atoms with Crippen LogP contribution >= 0.6 is 12.2 Å². The van der Waals surface area contributed by atoms with Gasteiger partial charge in [0.1, 0.15) is 4.99 Å². The number of aromatic amines is 1. The molecule has 0 bridgehead atoms. The molecule has 72 valence electrons. The summed E-state index contributed by atoms with van der Waals surface area (Å²) in [5.74, 6) is -0.451. The van der Waals surface area contributed by atoms with Gasteiger partial charge in [-0.05, 0) is 18.2 Å². The van der Waals surface area contributed by atoms with Crippen LogP contribution in [0, 0.1) is 0 Å². The third kappa shape index (κ3) is 1.42. The van der Waals surface area contributed by atoms with Crippen molar-refractivity contribution in [3.05, 3.63) is 34.3 Å². The lowest BCUT2D eigenvalue weighted by atomic mass is 10.2. The van der Waals surface area contributed by atoms with Crippen molar-refractivity contribution < 1.29 is 4.42 Å². The molecule has 0 amide bonds. The average molecular weight is 208 g/mol. The van der Waals surface area contributed by atoms with E-state index in [0.29, 0.717) is 16.1 Å². The lowest BCUT2D eigenvalue weighted by Gasteiger charge is -2.01. The molecule has 0 aliphatic carbocycles. The summed E-state index contributed by atoms with van der Waals surface area (Å²) in [6.45, 7) is 0. The minimum absolute atomic E-state index is 0.451. The van der Waals surface area contributed by atoms with Crippen molar-refractivity contribution in [2.45, 2.75) is 0 Å². The summed E-state index contributed by atoms with van der Waals surface area (Å²) in [5.41, 5.74) is 2.05. The van der Waals surface area contributed by atoms with Crippen LogP contribution in [0.1, 0.15) is 5.56 Å². The summed E-state index contributed by atoms with van der Waals surface area (Å²) < 4.78 is 4.86. The number of hydrogen-bond donors (Lipinski definition) is 2. The Kier molecular flexibility index (Phi) is 2.09. The second-order valence-corrected chi connectivity index (χ2v) is 3.21. The number of benzene rings is 1. The van der Waals surface area contributed by atoms with Crippen LogP contribution in [0.2, 0.25) is 0 Å². The van der Waals surface area contributed by atoms with Gasteiger partial charge in [0, 0.05) is 12.6 Å². The first-order chi connectivity index (χ1) is 6.70. The van der Waals surface area contributed by atoms with E-state index in [1.54, 1.807) is 25.2 Å². The Balaban J connectivity index is 2.61. The molecule has 1 aromatic carbocycles. The molecule has 0 saturated heterocycles. The fraction of sp³-hybridized carbons (Fsp3) is 0.111. The van der Waals surface area contributed by atoms with Crippen LogP contribution in [-0.4, -0.2) is 17.0 Å². The fourth-order valence-electron chi connectivity index (χ4n) is 1.24. The number of aromatic nitrogens is 1. The molecule has 0 fully saturated rings. The maximum Gasteiger partial charge on any atom is 0.417 e. The van der Waals surface area contributed by atoms with Gasteiger partial charge in [-0.25, -0.2) is 4.79 Å². The summed E-state index contributed by atoms with van der Waals surface area (Å²) in [6.07, 6.45) is 0. The van der Waals surface area contributed by atoms with E-state index in [4.69, 9.17) is 16.6 Å². The summed E-state index contributed by atoms with van der Waals surface area (Å²) in [6, 6.07) is 5.29. The molecular formula is C9H8N2O2S. The average Bonchev–Trinajstić information content (AvgIpc) is 2.55. The fourth-order valence-corrected chi connectivity index (χ4v) is 1.36. The molecule has 1 aromatic heterocycles. The van der Waals surface area contributed by atoms with Gasteiger partial charge in [0.25, 0.3) is 0 Å². The topological polar surface area (TPSA) is 58.0 Å². The minimum Gasteiger partial charge on any atom is -0.408 e. The third-order valence-electron chi connectivity index (χ3n) is 1.91. The number of oxazole rings is 1. The molecule has 5 heteroatoms. The van der Waals surface area contributed by atoms with Gasteiger partial charge in [-0.15, -0.1) is 0 Å². The van der Waals surface area contributed by atoms with Crippen LogP contribution in [0.25, 0.3) is 11.1 Å². The minimum atomic E-state index is -0.451. The largest absolute Gasteiger partial charge is 0.417 e. The van der Waals surface area contributed by atoms with Gasteiger partial charge >= 0.3 is 5.76 Å². The standard InChI is InChI=1S/C9H8N2O2S/c1-10-8(14)5-2-3-7-6(4-5)11-9(12)13-7/h2-4H,1H3,(H,10,14)(H,11,12). The van der Waals surface area contributed by atoms with Gasteiger partial charge in [-0.2, -0.15) is 0 Å². The predicted molar refractivity (Wildman–Crippen MR) is 57.6 cm³/mol. The highest BCUT2D eigenvalue weighted by Crippen LogP contribution is 2.12. The highest BCUT2D eigenvalue weighted by Gasteiger charge is 2.03. The van der Waals surface area contributed by atoms with Crippen LogP contribution in [-0.2, 0) is 0 Å². The molecule has 0 atom stereocenters. The molecule has 14 heavy (non-hydrogen) atoms. The number of fused-ring (bicyclic) bond motifs is 1. The second kappa shape index (κ2) is 3.26. The van der Waals surface area contributed by atoms with Crippen molar-refractivity contribution >= 4 is 28.3 Å². The van der Waals surface area contributed by atoms with E-state index in [9.17, 15) is 4.79 Å². The molecular weight excluding hydrogens is 200 g/mol. The molecule has 1 heterocycles. The quantitative estimate of drug-likeness (QED) is 0.687. The molecule has 0 saturated carbocycles. The van der Waals surface area contributed by atoms with Crippen molar-refractivity contribution in [1.29, 1.82) is 0 Å². The molecule has 0 unspecified atom stereocenters. The predicted octanol–water partition coefficient (Wildman–Crippen LogP) is 1.02. The molecule has 0 radical (unpaired) electrons. The van der Waals surface area contributed by atoms with Crippen LogP contribution < -0.4 is 11.1 Å². The van der Waals surface area contributed by atoms with Crippen LogP contribution in [0.5, 0.6) is 0 Å². The summed E-state index contributed by atoms with van der Waals surface area (Å²) in [7, 11) is 1.75. The zero-order valence-corrected chi connectivity index (χ0v) is 8.27. The maximum absolute atomic E-state index is 10.9. The molecule has 4 nitrogen and oxygen atoms in total. The zero-order chi connectivity index (χ0) is 10.1. The van der Waals surface area contributed by atoms with Crippen LogP contribution in [0.4, 0.5) is 0 Å². The Labute approximate surface area is 84.9 Å². The normalized spacial score (nSPS) is 10.4. The molecule has 0 aliphatic rings. The summed E-state index contributed by atoms with van der Waals surface area (Å²) in [5, 5.41) is 2.86. The smallest absolute Gasteiger partial charge is 0.408 e. The number of nitrogens with one attached hydrogen (secondary N) is 2. The Morgan fingerprint density at radius 3 is 3.07 bits per heavy atom. The highest BCUT2D eigenvalue weighted by atomic mass is 32.1. The van der Waals surface area contributed by atoms with Crippen LogP contribution in [0.3, 0.4) is 0 Å². The monoisotopic (exact) mass is 208 g/mol. The van der Waals surface area contributed by atoms with E-state index in [0.717, 1.165) is 5.56 Å². The molecule has 0 spiro atoms. The van der Waals surface area contributed by atoms with Gasteiger partial charge in [-0.3, -0.25) is 4.98 Å². The highest BCUT2D eigenvalue weighted by molar-refractivity contribution is 7.80. The van der Waals surface area contributed by atoms with E-state index in [2.05, 4.69) is 10.3 Å². The van der Waals surface area contributed by atoms with E-state index in [1.165, 1.54) is 0 Å². The van der Waals surface area contributed by atoms with Crippen molar-refractivity contribution in [2.75, 3.05) is 7.05 Å². The number of hydrogen-bond acceptors (Lipinski definition) is 3. The second-order valence-electron chi connectivity index (χ2n) is 2.80. The molecule has 2 rings (SSSR count). The lowest BCUT2D eigenvalue weighted by molar-refractivity contribution is 0.555. The Hall–Kier alpha value is -1.62. The summed E-state index contributed by atoms with van der Waals surface area (Å²) >= 11 is 5.06. The molecule has 2 aromatic rings. The van der Waals surface area contributed by atoms with E-state index < -0.39 is 5.76 Å². The first-order valence-corrected chi connectivity index (χ1v) is 4.46. The maximum atomic E-state index is 10.9. The third-order valence-corrected chi connectivity index (χ3v) is 2.35. The number of H-pyrrole nitrogens is 1. The SMILES string of the molecule is CNC(=S)c1ccc2oc(=O)[nH]c2c1. The Morgan fingerprint density at radius 2 is 2.36 bits per heavy atom. The first-order valence-electron chi connectivity index (χ1n) is 4.05. The Morgan fingerprint density at radius 1 is 1.57 bits per heavy atom. The van der Waals surface area contributed by atoms with E-state index in [-0.39, 0.29) is 0 Å². The first kappa shape index (κ1) is 8.96. The van der Waals surface area contributed by atoms with E-state index in [1.807, 2.05) is 0 Å². The van der Waals surface area contributed by atoms with Crippen molar-refractivity contribution in [3.63, 3.8) is 0 Å². The van der Waals surface area contributed by atoms with Gasteiger partial charge in [0.2, 0.25) is 0 Å². The molecule has 0 aliphatic heterocycles. The van der Waals surface area contributed by atoms with Gasteiger partial charge in [0.05, 0.1) is 5.52 Å². The summed E-state index contributed by atoms with van der Waals surface area (Å²) in [4.78, 5) is 14.1. The molecule has 2 N–H and O–H groups in total. The van der Waals surface area contributed by atoms with Crippen molar-refractivity contribution in [3.8, 4) is 0 Å². The van der Waals surface area contributed by atoms with Gasteiger partial charge in [0.15, 0.2) is 5.58 Å². The van der Waals surface area contributed by atoms with Crippen LogP contribution in [0.15, 0.2) is 27.4 Å². The van der Waals surface area contributed by atoms with Gasteiger partial charge in [-0.1, -0.05) is 12.2 Å². The zero-order valence-electron chi connectivity index (χ0n) is 7.46. The van der Waals surface area contributed by atoms with Crippen molar-refractivity contribution in [2.24, 2.45) is 0 Å². The van der Waals surface area contributed by atoms with E-state index >= 15 is 0 Å². The lowest BCUT2D eigenvalue weighted by Crippen LogP contribution is -2.16. The number of thiocarbonyl (C=S) groups is 1. The Bertz CT molecular complexity index is 541. The van der Waals surface area contributed by atoms with Gasteiger partial charge < -0.3 is 9.73 Å².